The maximum absolute atomic E-state index is 5.72. The van der Waals surface area contributed by atoms with Crippen molar-refractivity contribution in [2.75, 3.05) is 20.3 Å². The smallest absolute Gasteiger partial charge is 0.161 e. The van der Waals surface area contributed by atoms with Gasteiger partial charge in [-0.25, -0.2) is 0 Å². The van der Waals surface area contributed by atoms with Crippen LogP contribution in [0.5, 0.6) is 11.5 Å². The minimum absolute atomic E-state index is 0.431. The van der Waals surface area contributed by atoms with E-state index >= 15 is 0 Å². The molecule has 0 fully saturated rings. The molecule has 21 heavy (non-hydrogen) atoms. The van der Waals surface area contributed by atoms with Gasteiger partial charge >= 0.3 is 0 Å². The quantitative estimate of drug-likeness (QED) is 0.402. The van der Waals surface area contributed by atoms with Crippen LogP contribution in [0.15, 0.2) is 54.3 Å². The Bertz CT molecular complexity index is 541. The standard InChI is InChI=1S/C18H24O3/c1-7-15(5)18(13(2)3)21-11-10-20-16-9-8-14(4)12-17(16)19-6/h7-9,12H,1-2,10-11H2,3-6H3/b18-15+. The van der Waals surface area contributed by atoms with Gasteiger partial charge in [-0.2, -0.15) is 0 Å². The first-order valence-corrected chi connectivity index (χ1v) is 6.89. The lowest BCUT2D eigenvalue weighted by Crippen LogP contribution is -2.08. The van der Waals surface area contributed by atoms with Gasteiger partial charge < -0.3 is 14.2 Å². The molecule has 0 aliphatic heterocycles. The van der Waals surface area contributed by atoms with Crippen LogP contribution < -0.4 is 9.47 Å². The lowest BCUT2D eigenvalue weighted by atomic mass is 10.2. The summed E-state index contributed by atoms with van der Waals surface area (Å²) >= 11 is 0. The molecule has 1 aromatic rings. The fourth-order valence-corrected chi connectivity index (χ4v) is 1.86. The van der Waals surface area contributed by atoms with Gasteiger partial charge in [0.15, 0.2) is 11.5 Å². The Labute approximate surface area is 127 Å². The van der Waals surface area contributed by atoms with Crippen LogP contribution in [0.3, 0.4) is 0 Å². The molecule has 0 saturated carbocycles. The minimum atomic E-state index is 0.431. The highest BCUT2D eigenvalue weighted by Crippen LogP contribution is 2.27. The van der Waals surface area contributed by atoms with Crippen LogP contribution in [-0.4, -0.2) is 20.3 Å². The Kier molecular flexibility index (Phi) is 6.60. The number of ether oxygens (including phenoxy) is 3. The molecule has 1 rings (SSSR count). The van der Waals surface area contributed by atoms with Gasteiger partial charge in [0.2, 0.25) is 0 Å². The third kappa shape index (κ3) is 5.03. The van der Waals surface area contributed by atoms with Crippen molar-refractivity contribution < 1.29 is 14.2 Å². The fraction of sp³-hybridized carbons (Fsp3) is 0.333. The van der Waals surface area contributed by atoms with Crippen molar-refractivity contribution in [3.63, 3.8) is 0 Å². The van der Waals surface area contributed by atoms with Gasteiger partial charge in [-0.05, 0) is 49.6 Å². The summed E-state index contributed by atoms with van der Waals surface area (Å²) in [6.07, 6.45) is 1.76. The van der Waals surface area contributed by atoms with Gasteiger partial charge in [0.25, 0.3) is 0 Å². The van der Waals surface area contributed by atoms with E-state index < -0.39 is 0 Å². The molecular formula is C18H24O3. The van der Waals surface area contributed by atoms with E-state index in [-0.39, 0.29) is 0 Å². The monoisotopic (exact) mass is 288 g/mol. The molecule has 0 amide bonds. The highest BCUT2D eigenvalue weighted by molar-refractivity contribution is 5.42. The maximum Gasteiger partial charge on any atom is 0.161 e. The molecule has 0 atom stereocenters. The Morgan fingerprint density at radius 3 is 2.48 bits per heavy atom. The number of methoxy groups -OCH3 is 1. The third-order valence-corrected chi connectivity index (χ3v) is 2.96. The molecule has 3 heteroatoms. The summed E-state index contributed by atoms with van der Waals surface area (Å²) in [5.41, 5.74) is 2.97. The molecule has 1 aromatic carbocycles. The first-order valence-electron chi connectivity index (χ1n) is 6.89. The van der Waals surface area contributed by atoms with Gasteiger partial charge in [0.05, 0.1) is 7.11 Å². The zero-order chi connectivity index (χ0) is 15.8. The van der Waals surface area contributed by atoms with Crippen LogP contribution in [0.4, 0.5) is 0 Å². The zero-order valence-electron chi connectivity index (χ0n) is 13.4. The van der Waals surface area contributed by atoms with Gasteiger partial charge in [0.1, 0.15) is 19.0 Å². The van der Waals surface area contributed by atoms with E-state index in [1.54, 1.807) is 13.2 Å². The molecule has 0 heterocycles. The third-order valence-electron chi connectivity index (χ3n) is 2.96. The SMILES string of the molecule is C=C/C(C)=C(/OCCOc1ccc(C)cc1OC)C(=C)C. The van der Waals surface area contributed by atoms with E-state index in [2.05, 4.69) is 13.2 Å². The molecule has 0 saturated heterocycles. The van der Waals surface area contributed by atoms with Crippen LogP contribution in [0.1, 0.15) is 19.4 Å². The second-order valence-corrected chi connectivity index (χ2v) is 4.85. The molecule has 0 aliphatic rings. The summed E-state index contributed by atoms with van der Waals surface area (Å²) in [5, 5.41) is 0. The lowest BCUT2D eigenvalue weighted by Gasteiger charge is -2.14. The molecule has 3 nitrogen and oxygen atoms in total. The average molecular weight is 288 g/mol. The highest BCUT2D eigenvalue weighted by Gasteiger charge is 2.06. The molecule has 114 valence electrons. The maximum atomic E-state index is 5.72. The van der Waals surface area contributed by atoms with Crippen molar-refractivity contribution in [1.82, 2.24) is 0 Å². The van der Waals surface area contributed by atoms with Crippen molar-refractivity contribution in [3.8, 4) is 11.5 Å². The molecule has 0 radical (unpaired) electrons. The summed E-state index contributed by atoms with van der Waals surface area (Å²) in [4.78, 5) is 0. The molecule has 0 bridgehead atoms. The minimum Gasteiger partial charge on any atom is -0.493 e. The topological polar surface area (TPSA) is 27.7 Å². The summed E-state index contributed by atoms with van der Waals surface area (Å²) in [5.74, 6) is 2.21. The van der Waals surface area contributed by atoms with Crippen molar-refractivity contribution in [2.45, 2.75) is 20.8 Å². The number of hydrogen-bond acceptors (Lipinski definition) is 3. The van der Waals surface area contributed by atoms with E-state index in [0.717, 1.165) is 28.2 Å². The molecule has 0 spiro atoms. The van der Waals surface area contributed by atoms with Gasteiger partial charge in [-0.1, -0.05) is 25.3 Å². The second-order valence-electron chi connectivity index (χ2n) is 4.85. The summed E-state index contributed by atoms with van der Waals surface area (Å²) in [6.45, 7) is 14.4. The van der Waals surface area contributed by atoms with Gasteiger partial charge in [0, 0.05) is 0 Å². The molecular weight excluding hydrogens is 264 g/mol. The average Bonchev–Trinajstić information content (AvgIpc) is 2.47. The van der Waals surface area contributed by atoms with Gasteiger partial charge in [-0.3, -0.25) is 0 Å². The van der Waals surface area contributed by atoms with Crippen molar-refractivity contribution in [1.29, 1.82) is 0 Å². The summed E-state index contributed by atoms with van der Waals surface area (Å²) in [7, 11) is 1.63. The molecule has 0 N–H and O–H groups in total. The van der Waals surface area contributed by atoms with Crippen LogP contribution in [-0.2, 0) is 4.74 Å². The first kappa shape index (κ1) is 16.9. The van der Waals surface area contributed by atoms with Crippen LogP contribution >= 0.6 is 0 Å². The zero-order valence-corrected chi connectivity index (χ0v) is 13.4. The first-order chi connectivity index (χ1) is 9.99. The van der Waals surface area contributed by atoms with Crippen LogP contribution in [0.25, 0.3) is 0 Å². The van der Waals surface area contributed by atoms with E-state index in [4.69, 9.17) is 14.2 Å². The van der Waals surface area contributed by atoms with Crippen molar-refractivity contribution >= 4 is 0 Å². The Balaban J connectivity index is 2.58. The lowest BCUT2D eigenvalue weighted by molar-refractivity contribution is 0.157. The van der Waals surface area contributed by atoms with Crippen molar-refractivity contribution in [3.05, 3.63) is 59.9 Å². The normalized spacial score (nSPS) is 11.4. The summed E-state index contributed by atoms with van der Waals surface area (Å²) < 4.78 is 16.7. The number of hydrogen-bond donors (Lipinski definition) is 0. The van der Waals surface area contributed by atoms with E-state index in [9.17, 15) is 0 Å². The summed E-state index contributed by atoms with van der Waals surface area (Å²) in [6, 6.07) is 5.83. The highest BCUT2D eigenvalue weighted by atomic mass is 16.5. The van der Waals surface area contributed by atoms with E-state index in [1.165, 1.54) is 0 Å². The Hall–Kier alpha value is -2.16. The number of allylic oxidation sites excluding steroid dienone is 3. The number of rotatable bonds is 8. The van der Waals surface area contributed by atoms with Gasteiger partial charge in [-0.15, -0.1) is 0 Å². The number of aryl methyl sites for hydroxylation is 1. The van der Waals surface area contributed by atoms with Crippen LogP contribution in [0.2, 0.25) is 0 Å². The fourth-order valence-electron chi connectivity index (χ4n) is 1.86. The van der Waals surface area contributed by atoms with Crippen molar-refractivity contribution in [2.24, 2.45) is 0 Å². The van der Waals surface area contributed by atoms with E-state index in [1.807, 2.05) is 39.0 Å². The Morgan fingerprint density at radius 2 is 1.90 bits per heavy atom. The Morgan fingerprint density at radius 1 is 1.19 bits per heavy atom. The molecule has 0 aliphatic carbocycles. The predicted molar refractivity (Wildman–Crippen MR) is 86.9 cm³/mol. The largest absolute Gasteiger partial charge is 0.493 e. The van der Waals surface area contributed by atoms with Crippen LogP contribution in [0, 0.1) is 6.92 Å². The molecule has 0 aromatic heterocycles. The second kappa shape index (κ2) is 8.20. The predicted octanol–water partition coefficient (Wildman–Crippen LogP) is 4.44. The number of benzene rings is 1. The van der Waals surface area contributed by atoms with E-state index in [0.29, 0.717) is 19.0 Å². The molecule has 0 unspecified atom stereocenters.